The standard InChI is InChI=1S/C11H16OS/c1-13-9-11-6-3-2-5-10(11)7-4-8-12/h2-3,5-6,12H,4,7-9H2,1H3. The molecule has 0 aliphatic heterocycles. The van der Waals surface area contributed by atoms with Crippen molar-refractivity contribution in [3.63, 3.8) is 0 Å². The predicted molar refractivity (Wildman–Crippen MR) is 59.1 cm³/mol. The highest BCUT2D eigenvalue weighted by Crippen LogP contribution is 2.15. The lowest BCUT2D eigenvalue weighted by molar-refractivity contribution is 0.288. The van der Waals surface area contributed by atoms with Gasteiger partial charge in [0.05, 0.1) is 0 Å². The van der Waals surface area contributed by atoms with Gasteiger partial charge in [-0.2, -0.15) is 11.8 Å². The minimum atomic E-state index is 0.285. The Labute approximate surface area is 84.2 Å². The SMILES string of the molecule is CSCc1ccccc1CCCO. The number of rotatable bonds is 5. The zero-order valence-electron chi connectivity index (χ0n) is 7.99. The van der Waals surface area contributed by atoms with Crippen LogP contribution in [0.25, 0.3) is 0 Å². The first-order valence-electron chi connectivity index (χ1n) is 4.55. The number of benzene rings is 1. The van der Waals surface area contributed by atoms with E-state index >= 15 is 0 Å². The lowest BCUT2D eigenvalue weighted by Gasteiger charge is -2.06. The normalized spacial score (nSPS) is 10.3. The van der Waals surface area contributed by atoms with E-state index in [0.29, 0.717) is 0 Å². The van der Waals surface area contributed by atoms with E-state index in [4.69, 9.17) is 5.11 Å². The summed E-state index contributed by atoms with van der Waals surface area (Å²) in [6.45, 7) is 0.285. The van der Waals surface area contributed by atoms with Crippen LogP contribution in [0, 0.1) is 0 Å². The van der Waals surface area contributed by atoms with Gasteiger partial charge in [0, 0.05) is 12.4 Å². The molecular formula is C11H16OS. The molecule has 0 spiro atoms. The van der Waals surface area contributed by atoms with Crippen LogP contribution in [-0.4, -0.2) is 18.0 Å². The van der Waals surface area contributed by atoms with Crippen LogP contribution in [0.4, 0.5) is 0 Å². The summed E-state index contributed by atoms with van der Waals surface area (Å²) < 4.78 is 0. The highest BCUT2D eigenvalue weighted by molar-refractivity contribution is 7.97. The molecular weight excluding hydrogens is 180 g/mol. The second-order valence-corrected chi connectivity index (χ2v) is 3.89. The van der Waals surface area contributed by atoms with Gasteiger partial charge >= 0.3 is 0 Å². The van der Waals surface area contributed by atoms with Gasteiger partial charge in [-0.15, -0.1) is 0 Å². The van der Waals surface area contributed by atoms with Crippen molar-refractivity contribution >= 4 is 11.8 Å². The van der Waals surface area contributed by atoms with Gasteiger partial charge < -0.3 is 5.11 Å². The van der Waals surface area contributed by atoms with E-state index in [-0.39, 0.29) is 6.61 Å². The summed E-state index contributed by atoms with van der Waals surface area (Å²) in [4.78, 5) is 0. The van der Waals surface area contributed by atoms with Gasteiger partial charge in [0.1, 0.15) is 0 Å². The highest BCUT2D eigenvalue weighted by atomic mass is 32.2. The summed E-state index contributed by atoms with van der Waals surface area (Å²) in [6.07, 6.45) is 3.97. The first kappa shape index (κ1) is 10.6. The van der Waals surface area contributed by atoms with Gasteiger partial charge in [-0.25, -0.2) is 0 Å². The monoisotopic (exact) mass is 196 g/mol. The zero-order chi connectivity index (χ0) is 9.52. The van der Waals surface area contributed by atoms with Gasteiger partial charge in [0.25, 0.3) is 0 Å². The topological polar surface area (TPSA) is 20.2 Å². The van der Waals surface area contributed by atoms with Gasteiger partial charge in [-0.1, -0.05) is 24.3 Å². The molecule has 0 atom stereocenters. The summed E-state index contributed by atoms with van der Waals surface area (Å²) in [5.74, 6) is 1.07. The smallest absolute Gasteiger partial charge is 0.0434 e. The van der Waals surface area contributed by atoms with E-state index in [2.05, 4.69) is 30.5 Å². The molecule has 0 aromatic heterocycles. The molecule has 0 amide bonds. The molecule has 0 fully saturated rings. The largest absolute Gasteiger partial charge is 0.396 e. The van der Waals surface area contributed by atoms with Crippen molar-refractivity contribution in [2.75, 3.05) is 12.9 Å². The van der Waals surface area contributed by atoms with E-state index in [1.165, 1.54) is 11.1 Å². The molecule has 0 radical (unpaired) electrons. The summed E-state index contributed by atoms with van der Waals surface area (Å²) in [6, 6.07) is 8.47. The van der Waals surface area contributed by atoms with Gasteiger partial charge in [0.15, 0.2) is 0 Å². The fraction of sp³-hybridized carbons (Fsp3) is 0.455. The van der Waals surface area contributed by atoms with Crippen molar-refractivity contribution in [1.29, 1.82) is 0 Å². The molecule has 0 aliphatic carbocycles. The maximum atomic E-state index is 8.74. The van der Waals surface area contributed by atoms with E-state index in [1.807, 2.05) is 11.8 Å². The second kappa shape index (κ2) is 6.06. The molecule has 72 valence electrons. The van der Waals surface area contributed by atoms with Crippen LogP contribution in [0.3, 0.4) is 0 Å². The van der Waals surface area contributed by atoms with E-state index in [1.54, 1.807) is 0 Å². The molecule has 0 heterocycles. The van der Waals surface area contributed by atoms with E-state index in [9.17, 15) is 0 Å². The quantitative estimate of drug-likeness (QED) is 0.780. The molecule has 0 aliphatic rings. The van der Waals surface area contributed by atoms with Crippen molar-refractivity contribution in [2.45, 2.75) is 18.6 Å². The number of hydrogen-bond acceptors (Lipinski definition) is 2. The Balaban J connectivity index is 2.66. The number of aliphatic hydroxyl groups is 1. The van der Waals surface area contributed by atoms with E-state index in [0.717, 1.165) is 18.6 Å². The predicted octanol–water partition coefficient (Wildman–Crippen LogP) is 2.47. The average molecular weight is 196 g/mol. The first-order valence-corrected chi connectivity index (χ1v) is 5.94. The maximum Gasteiger partial charge on any atom is 0.0434 e. The maximum absolute atomic E-state index is 8.74. The molecule has 1 nitrogen and oxygen atoms in total. The third-order valence-corrected chi connectivity index (χ3v) is 2.62. The fourth-order valence-electron chi connectivity index (χ4n) is 1.37. The van der Waals surface area contributed by atoms with Gasteiger partial charge in [-0.3, -0.25) is 0 Å². The summed E-state index contributed by atoms with van der Waals surface area (Å²) in [7, 11) is 0. The minimum Gasteiger partial charge on any atom is -0.396 e. The summed E-state index contributed by atoms with van der Waals surface area (Å²) >= 11 is 1.84. The third kappa shape index (κ3) is 3.41. The molecule has 1 aromatic rings. The Morgan fingerprint density at radius 2 is 1.92 bits per heavy atom. The van der Waals surface area contributed by atoms with Crippen molar-refractivity contribution in [3.05, 3.63) is 35.4 Å². The first-order chi connectivity index (χ1) is 6.38. The second-order valence-electron chi connectivity index (χ2n) is 3.03. The molecule has 0 saturated heterocycles. The Kier molecular flexibility index (Phi) is 4.94. The van der Waals surface area contributed by atoms with Crippen molar-refractivity contribution < 1.29 is 5.11 Å². The zero-order valence-corrected chi connectivity index (χ0v) is 8.81. The number of thioether (sulfide) groups is 1. The molecule has 2 heteroatoms. The van der Waals surface area contributed by atoms with Gasteiger partial charge in [-0.05, 0) is 30.2 Å². The van der Waals surface area contributed by atoms with Crippen LogP contribution < -0.4 is 0 Å². The van der Waals surface area contributed by atoms with Crippen molar-refractivity contribution in [2.24, 2.45) is 0 Å². The summed E-state index contributed by atoms with van der Waals surface area (Å²) in [5.41, 5.74) is 2.79. The number of aryl methyl sites for hydroxylation is 1. The molecule has 0 saturated carbocycles. The van der Waals surface area contributed by atoms with Crippen LogP contribution in [-0.2, 0) is 12.2 Å². The molecule has 1 N–H and O–H groups in total. The van der Waals surface area contributed by atoms with Gasteiger partial charge in [0.2, 0.25) is 0 Å². The van der Waals surface area contributed by atoms with Crippen molar-refractivity contribution in [1.82, 2.24) is 0 Å². The number of hydrogen-bond donors (Lipinski definition) is 1. The lowest BCUT2D eigenvalue weighted by atomic mass is 10.0. The number of aliphatic hydroxyl groups excluding tert-OH is 1. The van der Waals surface area contributed by atoms with Crippen LogP contribution in [0.2, 0.25) is 0 Å². The summed E-state index contributed by atoms with van der Waals surface area (Å²) in [5, 5.41) is 8.74. The fourth-order valence-corrected chi connectivity index (χ4v) is 1.96. The lowest BCUT2D eigenvalue weighted by Crippen LogP contribution is -1.94. The Morgan fingerprint density at radius 1 is 1.23 bits per heavy atom. The van der Waals surface area contributed by atoms with Crippen LogP contribution >= 0.6 is 11.8 Å². The molecule has 0 bridgehead atoms. The Bertz CT molecular complexity index is 248. The molecule has 0 unspecified atom stereocenters. The Morgan fingerprint density at radius 3 is 2.54 bits per heavy atom. The van der Waals surface area contributed by atoms with Crippen LogP contribution in [0.15, 0.2) is 24.3 Å². The highest BCUT2D eigenvalue weighted by Gasteiger charge is 1.99. The van der Waals surface area contributed by atoms with Crippen LogP contribution in [0.1, 0.15) is 17.5 Å². The minimum absolute atomic E-state index is 0.285. The Hall–Kier alpha value is -0.470. The van der Waals surface area contributed by atoms with Crippen molar-refractivity contribution in [3.8, 4) is 0 Å². The average Bonchev–Trinajstić information content (AvgIpc) is 2.17. The van der Waals surface area contributed by atoms with Crippen LogP contribution in [0.5, 0.6) is 0 Å². The molecule has 1 rings (SSSR count). The molecule has 1 aromatic carbocycles. The third-order valence-electron chi connectivity index (χ3n) is 2.02. The van der Waals surface area contributed by atoms with E-state index < -0.39 is 0 Å². The molecule has 13 heavy (non-hydrogen) atoms.